The molecular weight excluding hydrogens is 359 g/mol. The van der Waals surface area contributed by atoms with Crippen LogP contribution in [0.25, 0.3) is 0 Å². The largest absolute Gasteiger partial charge is 0.480 e. The number of carboxylic acids is 1. The number of hydrogen-bond acceptors (Lipinski definition) is 4. The normalized spacial score (nSPS) is 17.6. The van der Waals surface area contributed by atoms with Crippen LogP contribution >= 0.6 is 0 Å². The van der Waals surface area contributed by atoms with Crippen LogP contribution in [0.5, 0.6) is 0 Å². The second-order valence-corrected chi connectivity index (χ2v) is 6.54. The van der Waals surface area contributed by atoms with Crippen molar-refractivity contribution >= 4 is 5.97 Å². The van der Waals surface area contributed by atoms with Crippen molar-refractivity contribution in [2.24, 2.45) is 0 Å². The maximum atomic E-state index is 13.0. The van der Waals surface area contributed by atoms with Gasteiger partial charge in [-0.2, -0.15) is 13.2 Å². The fourth-order valence-corrected chi connectivity index (χ4v) is 3.32. The van der Waals surface area contributed by atoms with Crippen LogP contribution in [0.2, 0.25) is 0 Å². The van der Waals surface area contributed by atoms with Gasteiger partial charge in [-0.05, 0) is 29.3 Å². The standard InChI is InChI=1S/C19H20F3N3O2/c20-19(21,22)16-5-1-4-15(11-16)17(18(26)27)25-9-7-24(8-10-25)13-14-3-2-6-23-12-14/h1-6,11-12,17H,7-10,13H2,(H,26,27)/t17-/m0/s1. The third-order valence-corrected chi connectivity index (χ3v) is 4.66. The Morgan fingerprint density at radius 3 is 2.48 bits per heavy atom. The van der Waals surface area contributed by atoms with E-state index in [9.17, 15) is 23.1 Å². The molecule has 5 nitrogen and oxygen atoms in total. The van der Waals surface area contributed by atoms with Crippen LogP contribution in [0.4, 0.5) is 13.2 Å². The highest BCUT2D eigenvalue weighted by molar-refractivity contribution is 5.75. The molecule has 0 aliphatic carbocycles. The molecule has 2 heterocycles. The maximum Gasteiger partial charge on any atom is 0.416 e. The Morgan fingerprint density at radius 2 is 1.89 bits per heavy atom. The molecule has 2 aromatic rings. The van der Waals surface area contributed by atoms with Gasteiger partial charge in [0.2, 0.25) is 0 Å². The van der Waals surface area contributed by atoms with E-state index in [-0.39, 0.29) is 5.56 Å². The topological polar surface area (TPSA) is 56.7 Å². The van der Waals surface area contributed by atoms with Crippen molar-refractivity contribution in [2.75, 3.05) is 26.2 Å². The third kappa shape index (κ3) is 4.84. The Labute approximate surface area is 155 Å². The zero-order valence-corrected chi connectivity index (χ0v) is 14.6. The molecule has 144 valence electrons. The third-order valence-electron chi connectivity index (χ3n) is 4.66. The maximum absolute atomic E-state index is 13.0. The minimum absolute atomic E-state index is 0.151. The van der Waals surface area contributed by atoms with E-state index >= 15 is 0 Å². The molecule has 1 aliphatic rings. The number of carboxylic acid groups (broad SMARTS) is 1. The van der Waals surface area contributed by atoms with Crippen molar-refractivity contribution in [1.82, 2.24) is 14.8 Å². The quantitative estimate of drug-likeness (QED) is 0.866. The van der Waals surface area contributed by atoms with Crippen molar-refractivity contribution < 1.29 is 23.1 Å². The lowest BCUT2D eigenvalue weighted by atomic mass is 10.0. The van der Waals surface area contributed by atoms with Crippen LogP contribution in [0.1, 0.15) is 22.7 Å². The van der Waals surface area contributed by atoms with E-state index in [2.05, 4.69) is 9.88 Å². The molecule has 1 atom stereocenters. The highest BCUT2D eigenvalue weighted by Crippen LogP contribution is 2.32. The van der Waals surface area contributed by atoms with Gasteiger partial charge in [0.1, 0.15) is 6.04 Å². The minimum Gasteiger partial charge on any atom is -0.480 e. The number of benzene rings is 1. The monoisotopic (exact) mass is 379 g/mol. The van der Waals surface area contributed by atoms with Crippen molar-refractivity contribution in [3.05, 3.63) is 65.5 Å². The number of hydrogen-bond donors (Lipinski definition) is 1. The zero-order valence-electron chi connectivity index (χ0n) is 14.6. The summed E-state index contributed by atoms with van der Waals surface area (Å²) in [4.78, 5) is 19.8. The Morgan fingerprint density at radius 1 is 1.15 bits per heavy atom. The van der Waals surface area contributed by atoms with Crippen LogP contribution in [-0.4, -0.2) is 52.0 Å². The van der Waals surface area contributed by atoms with Crippen LogP contribution < -0.4 is 0 Å². The number of alkyl halides is 3. The van der Waals surface area contributed by atoms with Gasteiger partial charge in [-0.3, -0.25) is 19.6 Å². The van der Waals surface area contributed by atoms with Gasteiger partial charge in [-0.25, -0.2) is 0 Å². The Kier molecular flexibility index (Phi) is 5.76. The molecule has 0 spiro atoms. The summed E-state index contributed by atoms with van der Waals surface area (Å²) in [5.41, 5.74) is 0.387. The summed E-state index contributed by atoms with van der Waals surface area (Å²) in [6.07, 6.45) is -1.01. The first-order valence-corrected chi connectivity index (χ1v) is 8.60. The molecule has 3 rings (SSSR count). The first-order valence-electron chi connectivity index (χ1n) is 8.60. The first-order chi connectivity index (χ1) is 12.8. The molecule has 1 aromatic carbocycles. The molecular formula is C19H20F3N3O2. The number of carbonyl (C=O) groups is 1. The number of rotatable bonds is 5. The summed E-state index contributed by atoms with van der Waals surface area (Å²) in [6, 6.07) is 7.33. The number of piperazine rings is 1. The molecule has 1 aromatic heterocycles. The van der Waals surface area contributed by atoms with E-state index in [0.29, 0.717) is 32.7 Å². The van der Waals surface area contributed by atoms with E-state index in [1.54, 1.807) is 17.3 Å². The van der Waals surface area contributed by atoms with E-state index in [1.807, 2.05) is 12.1 Å². The molecule has 0 saturated carbocycles. The fraction of sp³-hybridized carbons (Fsp3) is 0.368. The van der Waals surface area contributed by atoms with Gasteiger partial charge in [-0.15, -0.1) is 0 Å². The summed E-state index contributed by atoms with van der Waals surface area (Å²) in [6.45, 7) is 2.92. The zero-order chi connectivity index (χ0) is 19.4. The smallest absolute Gasteiger partial charge is 0.416 e. The number of pyridine rings is 1. The number of aliphatic carboxylic acids is 1. The van der Waals surface area contributed by atoms with E-state index in [4.69, 9.17) is 0 Å². The molecule has 1 N–H and O–H groups in total. The van der Waals surface area contributed by atoms with E-state index < -0.39 is 23.8 Å². The van der Waals surface area contributed by atoms with E-state index in [1.165, 1.54) is 12.1 Å². The molecule has 0 bridgehead atoms. The highest BCUT2D eigenvalue weighted by atomic mass is 19.4. The van der Waals surface area contributed by atoms with Gasteiger partial charge in [0.15, 0.2) is 0 Å². The minimum atomic E-state index is -4.50. The van der Waals surface area contributed by atoms with Crippen molar-refractivity contribution in [1.29, 1.82) is 0 Å². The van der Waals surface area contributed by atoms with Gasteiger partial charge in [0.05, 0.1) is 5.56 Å². The number of aromatic nitrogens is 1. The summed E-state index contributed by atoms with van der Waals surface area (Å²) in [5.74, 6) is -1.14. The molecule has 27 heavy (non-hydrogen) atoms. The second-order valence-electron chi connectivity index (χ2n) is 6.54. The summed E-state index contributed by atoms with van der Waals surface area (Å²) in [7, 11) is 0. The lowest BCUT2D eigenvalue weighted by Crippen LogP contribution is -2.48. The Bertz CT molecular complexity index is 775. The van der Waals surface area contributed by atoms with Gasteiger partial charge < -0.3 is 5.11 Å². The van der Waals surface area contributed by atoms with Gasteiger partial charge in [0, 0.05) is 45.1 Å². The Hall–Kier alpha value is -2.45. The molecule has 1 aliphatic heterocycles. The molecule has 1 fully saturated rings. The molecule has 0 radical (unpaired) electrons. The average Bonchev–Trinajstić information content (AvgIpc) is 2.63. The average molecular weight is 379 g/mol. The predicted molar refractivity (Wildman–Crippen MR) is 92.9 cm³/mol. The van der Waals surface area contributed by atoms with Crippen molar-refractivity contribution in [3.63, 3.8) is 0 Å². The summed E-state index contributed by atoms with van der Waals surface area (Å²) in [5, 5.41) is 9.63. The summed E-state index contributed by atoms with van der Waals surface area (Å²) < 4.78 is 38.9. The van der Waals surface area contributed by atoms with Crippen LogP contribution in [0.3, 0.4) is 0 Å². The summed E-state index contributed by atoms with van der Waals surface area (Å²) >= 11 is 0. The van der Waals surface area contributed by atoms with Crippen molar-refractivity contribution in [2.45, 2.75) is 18.8 Å². The van der Waals surface area contributed by atoms with E-state index in [0.717, 1.165) is 17.7 Å². The fourth-order valence-electron chi connectivity index (χ4n) is 3.32. The van der Waals surface area contributed by atoms with Crippen LogP contribution in [0, 0.1) is 0 Å². The lowest BCUT2D eigenvalue weighted by Gasteiger charge is -2.38. The van der Waals surface area contributed by atoms with Crippen LogP contribution in [-0.2, 0) is 17.5 Å². The van der Waals surface area contributed by atoms with Crippen molar-refractivity contribution in [3.8, 4) is 0 Å². The van der Waals surface area contributed by atoms with Gasteiger partial charge >= 0.3 is 12.1 Å². The predicted octanol–water partition coefficient (Wildman–Crippen LogP) is 3.04. The molecule has 1 saturated heterocycles. The highest BCUT2D eigenvalue weighted by Gasteiger charge is 2.34. The van der Waals surface area contributed by atoms with Gasteiger partial charge in [0.25, 0.3) is 0 Å². The van der Waals surface area contributed by atoms with Gasteiger partial charge in [-0.1, -0.05) is 18.2 Å². The first kappa shape index (κ1) is 19.3. The van der Waals surface area contributed by atoms with Crippen LogP contribution in [0.15, 0.2) is 48.8 Å². The number of halogens is 3. The molecule has 0 amide bonds. The molecule has 8 heteroatoms. The second kappa shape index (κ2) is 8.06. The Balaban J connectivity index is 1.70. The number of nitrogens with zero attached hydrogens (tertiary/aromatic N) is 3. The lowest BCUT2D eigenvalue weighted by molar-refractivity contribution is -0.145. The molecule has 0 unspecified atom stereocenters. The SMILES string of the molecule is O=C(O)[C@H](c1cccc(C(F)(F)F)c1)N1CCN(Cc2cccnc2)CC1.